The molecule has 0 atom stereocenters. The van der Waals surface area contributed by atoms with Crippen LogP contribution in [0.5, 0.6) is 0 Å². The molecule has 0 unspecified atom stereocenters. The number of nitrogens with one attached hydrogen (secondary N) is 1. The summed E-state index contributed by atoms with van der Waals surface area (Å²) in [6, 6.07) is 6.91. The Labute approximate surface area is 175 Å². The number of imide groups is 1. The van der Waals surface area contributed by atoms with Crippen molar-refractivity contribution in [3.63, 3.8) is 0 Å². The van der Waals surface area contributed by atoms with Crippen LogP contribution >= 0.6 is 34.9 Å². The minimum absolute atomic E-state index is 0.00260. The molecular formula is C18H20N4O3S3. The lowest BCUT2D eigenvalue weighted by molar-refractivity contribution is -0.118. The fourth-order valence-corrected chi connectivity index (χ4v) is 5.43. The summed E-state index contributed by atoms with van der Waals surface area (Å²) in [5, 5.41) is 11.0. The first-order valence-corrected chi connectivity index (χ1v) is 11.7. The Morgan fingerprint density at radius 2 is 1.75 bits per heavy atom. The fourth-order valence-electron chi connectivity index (χ4n) is 2.58. The molecule has 1 aliphatic heterocycles. The van der Waals surface area contributed by atoms with Crippen molar-refractivity contribution in [2.75, 3.05) is 24.6 Å². The molecule has 2 aromatic rings. The van der Waals surface area contributed by atoms with Crippen LogP contribution in [0.1, 0.15) is 40.5 Å². The summed E-state index contributed by atoms with van der Waals surface area (Å²) in [5.74, 6) is 0.614. The summed E-state index contributed by atoms with van der Waals surface area (Å²) >= 11 is 4.36. The van der Waals surface area contributed by atoms with Gasteiger partial charge in [0.15, 0.2) is 8.68 Å². The number of hydrogen-bond donors (Lipinski definition) is 1. The van der Waals surface area contributed by atoms with Gasteiger partial charge in [0.2, 0.25) is 5.91 Å². The van der Waals surface area contributed by atoms with Crippen molar-refractivity contribution in [1.29, 1.82) is 0 Å². The van der Waals surface area contributed by atoms with Crippen LogP contribution in [0.3, 0.4) is 0 Å². The van der Waals surface area contributed by atoms with E-state index in [1.54, 1.807) is 36.0 Å². The molecule has 10 heteroatoms. The van der Waals surface area contributed by atoms with E-state index >= 15 is 0 Å². The van der Waals surface area contributed by atoms with Crippen LogP contribution in [0.25, 0.3) is 0 Å². The van der Waals surface area contributed by atoms with E-state index in [-0.39, 0.29) is 17.7 Å². The predicted molar refractivity (Wildman–Crippen MR) is 111 cm³/mol. The lowest BCUT2D eigenvalue weighted by Crippen LogP contribution is -2.30. The number of aromatic nitrogens is 2. The molecule has 1 aliphatic rings. The number of fused-ring (bicyclic) bond motifs is 1. The van der Waals surface area contributed by atoms with Crippen molar-refractivity contribution in [3.8, 4) is 0 Å². The molecule has 3 amide bonds. The summed E-state index contributed by atoms with van der Waals surface area (Å²) in [7, 11) is 0. The van der Waals surface area contributed by atoms with Gasteiger partial charge in [-0.05, 0) is 25.0 Å². The summed E-state index contributed by atoms with van der Waals surface area (Å²) in [4.78, 5) is 37.5. The van der Waals surface area contributed by atoms with Crippen LogP contribution in [-0.4, -0.2) is 57.4 Å². The van der Waals surface area contributed by atoms with Crippen LogP contribution in [0.2, 0.25) is 0 Å². The van der Waals surface area contributed by atoms with Gasteiger partial charge in [-0.3, -0.25) is 19.3 Å². The Morgan fingerprint density at radius 3 is 2.39 bits per heavy atom. The van der Waals surface area contributed by atoms with Gasteiger partial charge in [-0.2, -0.15) is 0 Å². The predicted octanol–water partition coefficient (Wildman–Crippen LogP) is 2.93. The molecule has 0 aliphatic carbocycles. The van der Waals surface area contributed by atoms with Crippen molar-refractivity contribution in [3.05, 3.63) is 35.4 Å². The Kier molecular flexibility index (Phi) is 7.46. The molecule has 1 N–H and O–H groups in total. The molecule has 148 valence electrons. The van der Waals surface area contributed by atoms with Gasteiger partial charge >= 0.3 is 0 Å². The van der Waals surface area contributed by atoms with Crippen LogP contribution in [0.4, 0.5) is 0 Å². The minimum Gasteiger partial charge on any atom is -0.355 e. The fraction of sp³-hybridized carbons (Fsp3) is 0.389. The minimum atomic E-state index is -0.221. The Morgan fingerprint density at radius 1 is 1.11 bits per heavy atom. The summed E-state index contributed by atoms with van der Waals surface area (Å²) in [6.45, 7) is 3.08. The van der Waals surface area contributed by atoms with Crippen molar-refractivity contribution in [1.82, 2.24) is 20.4 Å². The number of benzene rings is 1. The second kappa shape index (κ2) is 10.0. The topological polar surface area (TPSA) is 92.3 Å². The number of carbonyl (C=O) groups is 3. The monoisotopic (exact) mass is 436 g/mol. The van der Waals surface area contributed by atoms with Gasteiger partial charge in [-0.15, -0.1) is 10.2 Å². The highest BCUT2D eigenvalue weighted by Crippen LogP contribution is 2.29. The molecule has 28 heavy (non-hydrogen) atoms. The molecular weight excluding hydrogens is 416 g/mol. The summed E-state index contributed by atoms with van der Waals surface area (Å²) in [6.07, 6.45) is 1.59. The first-order valence-electron chi connectivity index (χ1n) is 8.91. The van der Waals surface area contributed by atoms with E-state index < -0.39 is 0 Å². The Balaban J connectivity index is 1.39. The van der Waals surface area contributed by atoms with Gasteiger partial charge in [0, 0.05) is 18.8 Å². The van der Waals surface area contributed by atoms with Crippen LogP contribution in [0.15, 0.2) is 32.9 Å². The molecule has 0 fully saturated rings. The first-order chi connectivity index (χ1) is 13.6. The van der Waals surface area contributed by atoms with Crippen molar-refractivity contribution >= 4 is 52.6 Å². The largest absolute Gasteiger partial charge is 0.355 e. The third-order valence-corrected chi connectivity index (χ3v) is 7.19. The number of carbonyl (C=O) groups excluding carboxylic acids is 3. The standard InChI is InChI=1S/C18H20N4O3S3/c1-2-8-19-14(23)11-27-18-21-20-17(28-18)26-10-5-9-22-15(24)12-6-3-4-7-13(12)16(22)25/h3-4,6-7H,2,5,8-11H2,1H3,(H,19,23). The Bertz CT molecular complexity index is 836. The molecule has 0 bridgehead atoms. The van der Waals surface area contributed by atoms with E-state index in [1.165, 1.54) is 28.0 Å². The molecule has 3 rings (SSSR count). The second-order valence-electron chi connectivity index (χ2n) is 5.98. The molecule has 0 radical (unpaired) electrons. The van der Waals surface area contributed by atoms with Crippen molar-refractivity contribution < 1.29 is 14.4 Å². The lowest BCUT2D eigenvalue weighted by Gasteiger charge is -2.12. The van der Waals surface area contributed by atoms with Crippen molar-refractivity contribution in [2.45, 2.75) is 28.4 Å². The van der Waals surface area contributed by atoms with Gasteiger partial charge in [-0.25, -0.2) is 0 Å². The van der Waals surface area contributed by atoms with E-state index in [0.717, 1.165) is 20.9 Å². The zero-order valence-corrected chi connectivity index (χ0v) is 17.8. The molecule has 7 nitrogen and oxygen atoms in total. The van der Waals surface area contributed by atoms with Gasteiger partial charge in [0.1, 0.15) is 0 Å². The number of hydrogen-bond acceptors (Lipinski definition) is 8. The van der Waals surface area contributed by atoms with E-state index in [2.05, 4.69) is 15.5 Å². The normalized spacial score (nSPS) is 13.1. The first kappa shape index (κ1) is 20.8. The third kappa shape index (κ3) is 5.12. The van der Waals surface area contributed by atoms with Crippen molar-refractivity contribution in [2.24, 2.45) is 0 Å². The molecule has 0 saturated heterocycles. The highest BCUT2D eigenvalue weighted by molar-refractivity contribution is 8.03. The van der Waals surface area contributed by atoms with E-state index in [0.29, 0.717) is 36.4 Å². The SMILES string of the molecule is CCCNC(=O)CSc1nnc(SCCCN2C(=O)c3ccccc3C2=O)s1. The van der Waals surface area contributed by atoms with E-state index in [4.69, 9.17) is 0 Å². The van der Waals surface area contributed by atoms with Crippen LogP contribution < -0.4 is 5.32 Å². The molecule has 1 aromatic carbocycles. The summed E-state index contributed by atoms with van der Waals surface area (Å²) < 4.78 is 1.58. The maximum Gasteiger partial charge on any atom is 0.261 e. The highest BCUT2D eigenvalue weighted by Gasteiger charge is 2.34. The van der Waals surface area contributed by atoms with Gasteiger partial charge in [0.25, 0.3) is 11.8 Å². The molecule has 1 aromatic heterocycles. The number of rotatable bonds is 10. The van der Waals surface area contributed by atoms with E-state index in [1.807, 2.05) is 6.92 Å². The van der Waals surface area contributed by atoms with Gasteiger partial charge in [0.05, 0.1) is 16.9 Å². The zero-order valence-electron chi connectivity index (χ0n) is 15.3. The van der Waals surface area contributed by atoms with Crippen LogP contribution in [0, 0.1) is 0 Å². The number of thioether (sulfide) groups is 2. The maximum absolute atomic E-state index is 12.3. The van der Waals surface area contributed by atoms with Gasteiger partial charge in [-0.1, -0.05) is 53.9 Å². The lowest BCUT2D eigenvalue weighted by atomic mass is 10.1. The number of nitrogens with zero attached hydrogens (tertiary/aromatic N) is 3. The average molecular weight is 437 g/mol. The third-order valence-electron chi connectivity index (χ3n) is 3.92. The Hall–Kier alpha value is -1.91. The number of amides is 3. The molecule has 0 spiro atoms. The second-order valence-corrected chi connectivity index (χ2v) is 9.52. The van der Waals surface area contributed by atoms with Gasteiger partial charge < -0.3 is 5.32 Å². The quantitative estimate of drug-likeness (QED) is 0.348. The average Bonchev–Trinajstić information content (AvgIpc) is 3.26. The van der Waals surface area contributed by atoms with Crippen LogP contribution in [-0.2, 0) is 4.79 Å². The smallest absolute Gasteiger partial charge is 0.261 e. The maximum atomic E-state index is 12.3. The summed E-state index contributed by atoms with van der Waals surface area (Å²) in [5.41, 5.74) is 0.961. The molecule has 2 heterocycles. The molecule has 0 saturated carbocycles. The van der Waals surface area contributed by atoms with E-state index in [9.17, 15) is 14.4 Å². The highest BCUT2D eigenvalue weighted by atomic mass is 32.2. The zero-order chi connectivity index (χ0) is 19.9.